The Hall–Kier alpha value is -3.34. The van der Waals surface area contributed by atoms with Crippen molar-refractivity contribution in [2.75, 3.05) is 31.1 Å². The summed E-state index contributed by atoms with van der Waals surface area (Å²) in [7, 11) is 0. The predicted octanol–water partition coefficient (Wildman–Crippen LogP) is 3.21. The van der Waals surface area contributed by atoms with E-state index in [4.69, 9.17) is 0 Å². The molecule has 0 spiro atoms. The zero-order chi connectivity index (χ0) is 27.9. The van der Waals surface area contributed by atoms with Crippen LogP contribution in [0.15, 0.2) is 18.7 Å². The van der Waals surface area contributed by atoms with Gasteiger partial charge >= 0.3 is 12.4 Å². The van der Waals surface area contributed by atoms with Gasteiger partial charge in [-0.05, 0) is 19.3 Å². The number of alkyl halides is 6. The van der Waals surface area contributed by atoms with Crippen LogP contribution in [-0.4, -0.2) is 77.9 Å². The maximum absolute atomic E-state index is 13.6. The molecule has 1 saturated carbocycles. The van der Waals surface area contributed by atoms with Crippen LogP contribution in [0.1, 0.15) is 41.8 Å². The smallest absolute Gasteiger partial charge is 0.396 e. The molecule has 1 amide bonds. The lowest BCUT2D eigenvalue weighted by molar-refractivity contribution is -0.145. The Bertz CT molecular complexity index is 1320. The zero-order valence-corrected chi connectivity index (χ0v) is 21.0. The molecule has 5 rings (SSSR count). The van der Waals surface area contributed by atoms with Gasteiger partial charge in [-0.2, -0.15) is 31.4 Å². The molecule has 1 atom stereocenters. The summed E-state index contributed by atoms with van der Waals surface area (Å²) < 4.78 is 80.8. The monoisotopic (exact) mass is 576 g/mol. The lowest BCUT2D eigenvalue weighted by Crippen LogP contribution is -2.56. The van der Waals surface area contributed by atoms with Gasteiger partial charge in [-0.25, -0.2) is 24.6 Å². The van der Waals surface area contributed by atoms with Crippen molar-refractivity contribution in [1.82, 2.24) is 34.6 Å². The molecular weight excluding hydrogens is 554 g/mol. The van der Waals surface area contributed by atoms with Crippen molar-refractivity contribution in [2.24, 2.45) is 0 Å². The van der Waals surface area contributed by atoms with Crippen LogP contribution in [0.5, 0.6) is 0 Å². The molecule has 2 aliphatic rings. The number of hydrogen-bond donors (Lipinski definition) is 1. The van der Waals surface area contributed by atoms with Crippen molar-refractivity contribution >= 4 is 22.2 Å². The molecule has 17 heteroatoms. The summed E-state index contributed by atoms with van der Waals surface area (Å²) in [4.78, 5) is 30.6. The number of rotatable bonds is 7. The average Bonchev–Trinajstić information content (AvgIpc) is 3.44. The van der Waals surface area contributed by atoms with E-state index >= 15 is 0 Å². The van der Waals surface area contributed by atoms with Crippen molar-refractivity contribution in [3.8, 4) is 11.3 Å². The van der Waals surface area contributed by atoms with Crippen molar-refractivity contribution in [2.45, 2.75) is 50.1 Å². The van der Waals surface area contributed by atoms with Crippen molar-refractivity contribution in [3.63, 3.8) is 0 Å². The van der Waals surface area contributed by atoms with Gasteiger partial charge in [0.05, 0.1) is 6.04 Å². The largest absolute Gasteiger partial charge is 0.451 e. The first kappa shape index (κ1) is 27.2. The van der Waals surface area contributed by atoms with Crippen molar-refractivity contribution < 1.29 is 36.2 Å². The lowest BCUT2D eigenvalue weighted by atomic mass is 10.1. The normalized spacial score (nSPS) is 18.6. The number of carbonyl (C=O) groups excluding carboxylic acids is 1. The quantitative estimate of drug-likeness (QED) is 0.427. The number of anilines is 1. The Morgan fingerprint density at radius 3 is 2.38 bits per heavy atom. The minimum Gasteiger partial charge on any atom is -0.396 e. The number of aromatic nitrogens is 6. The number of aliphatic hydroxyl groups is 1. The molecular formula is C22H22F6N8O2S. The molecule has 0 radical (unpaired) electrons. The van der Waals surface area contributed by atoms with E-state index in [0.29, 0.717) is 23.1 Å². The molecule has 1 aliphatic carbocycles. The Morgan fingerprint density at radius 1 is 1.05 bits per heavy atom. The Kier molecular flexibility index (Phi) is 7.21. The molecule has 10 nitrogen and oxygen atoms in total. The second kappa shape index (κ2) is 10.3. The molecule has 0 aromatic carbocycles. The summed E-state index contributed by atoms with van der Waals surface area (Å²) in [5.41, 5.74) is -0.321. The first-order valence-corrected chi connectivity index (χ1v) is 12.8. The van der Waals surface area contributed by atoms with E-state index in [0.717, 1.165) is 25.2 Å². The number of nitrogens with zero attached hydrogens (tertiary/aromatic N) is 8. The molecule has 1 N–H and O–H groups in total. The molecule has 1 unspecified atom stereocenters. The van der Waals surface area contributed by atoms with Crippen LogP contribution >= 0.6 is 11.3 Å². The van der Waals surface area contributed by atoms with Gasteiger partial charge in [0.15, 0.2) is 5.82 Å². The number of halogens is 6. The third-order valence-electron chi connectivity index (χ3n) is 6.38. The summed E-state index contributed by atoms with van der Waals surface area (Å²) in [6, 6.07) is -0.546. The zero-order valence-electron chi connectivity index (χ0n) is 20.2. The van der Waals surface area contributed by atoms with E-state index in [1.54, 1.807) is 9.80 Å². The van der Waals surface area contributed by atoms with Gasteiger partial charge in [-0.1, -0.05) is 11.3 Å². The standard InChI is InChI=1S/C22H22F6N8O2S/c23-21(24,25)19-29-7-13(8-30-19)16-18(39-20(32-16)22(26,27)28)34-4-5-36(14(9-34)3-6-37)15(38)10-35-11-31-17(33-35)12-1-2-12/h7-8,11-12,14,37H,1-6,9-10H2. The van der Waals surface area contributed by atoms with Gasteiger partial charge in [-0.15, -0.1) is 0 Å². The molecule has 0 bridgehead atoms. The Morgan fingerprint density at radius 2 is 1.77 bits per heavy atom. The number of thiazole rings is 1. The van der Waals surface area contributed by atoms with E-state index in [1.165, 1.54) is 11.0 Å². The highest BCUT2D eigenvalue weighted by Crippen LogP contribution is 2.43. The maximum Gasteiger partial charge on any atom is 0.451 e. The van der Waals surface area contributed by atoms with Crippen LogP contribution in [0.4, 0.5) is 31.3 Å². The molecule has 1 aliphatic heterocycles. The fourth-order valence-corrected chi connectivity index (χ4v) is 5.33. The molecule has 1 saturated heterocycles. The van der Waals surface area contributed by atoms with Gasteiger partial charge in [0, 0.05) is 50.1 Å². The second-order valence-electron chi connectivity index (χ2n) is 9.24. The molecule has 3 aromatic heterocycles. The van der Waals surface area contributed by atoms with Gasteiger partial charge < -0.3 is 14.9 Å². The number of carbonyl (C=O) groups is 1. The number of aliphatic hydroxyl groups excluding tert-OH is 1. The SMILES string of the molecule is O=C(Cn1cnc(C2CC2)n1)N1CCN(c2sc(C(F)(F)F)nc2-c2cnc(C(F)(F)F)nc2)CC1CCO. The van der Waals surface area contributed by atoms with Gasteiger partial charge in [0.1, 0.15) is 23.6 Å². The Balaban J connectivity index is 1.38. The second-order valence-corrected chi connectivity index (χ2v) is 10.2. The fraction of sp³-hybridized carbons (Fsp3) is 0.545. The van der Waals surface area contributed by atoms with Gasteiger partial charge in [0.2, 0.25) is 16.7 Å². The lowest BCUT2D eigenvalue weighted by Gasteiger charge is -2.42. The van der Waals surface area contributed by atoms with E-state index < -0.39 is 29.2 Å². The first-order valence-electron chi connectivity index (χ1n) is 12.0. The van der Waals surface area contributed by atoms with E-state index in [-0.39, 0.29) is 61.4 Å². The van der Waals surface area contributed by atoms with Crippen LogP contribution < -0.4 is 4.90 Å². The third kappa shape index (κ3) is 5.98. The average molecular weight is 577 g/mol. The first-order chi connectivity index (χ1) is 18.4. The van der Waals surface area contributed by atoms with Gasteiger partial charge in [-0.3, -0.25) is 4.79 Å². The highest BCUT2D eigenvalue weighted by Gasteiger charge is 2.40. The van der Waals surface area contributed by atoms with E-state index in [2.05, 4.69) is 25.0 Å². The molecule has 210 valence electrons. The summed E-state index contributed by atoms with van der Waals surface area (Å²) in [5.74, 6) is -0.704. The summed E-state index contributed by atoms with van der Waals surface area (Å²) >= 11 is 0.345. The van der Waals surface area contributed by atoms with Gasteiger partial charge in [0.25, 0.3) is 0 Å². The van der Waals surface area contributed by atoms with E-state index in [9.17, 15) is 36.2 Å². The minimum atomic E-state index is -4.81. The molecule has 2 fully saturated rings. The molecule has 39 heavy (non-hydrogen) atoms. The van der Waals surface area contributed by atoms with E-state index in [1.807, 2.05) is 0 Å². The van der Waals surface area contributed by atoms with Crippen molar-refractivity contribution in [1.29, 1.82) is 0 Å². The van der Waals surface area contributed by atoms with Crippen molar-refractivity contribution in [3.05, 3.63) is 35.4 Å². The minimum absolute atomic E-state index is 0.0612. The topological polar surface area (TPSA) is 113 Å². The Labute approximate surface area is 221 Å². The number of piperazine rings is 1. The highest BCUT2D eigenvalue weighted by molar-refractivity contribution is 7.16. The van der Waals surface area contributed by atoms with Crippen LogP contribution in [0, 0.1) is 0 Å². The molecule has 4 heterocycles. The van der Waals surface area contributed by atoms with Crippen LogP contribution in [0.25, 0.3) is 11.3 Å². The summed E-state index contributed by atoms with van der Waals surface area (Å²) in [6.07, 6.45) is -4.37. The van der Waals surface area contributed by atoms with Crippen LogP contribution in [-0.2, 0) is 23.7 Å². The maximum atomic E-state index is 13.6. The predicted molar refractivity (Wildman–Crippen MR) is 125 cm³/mol. The molecule has 3 aromatic rings. The summed E-state index contributed by atoms with van der Waals surface area (Å²) in [5, 5.41) is 12.8. The highest BCUT2D eigenvalue weighted by atomic mass is 32.1. The number of hydrogen-bond acceptors (Lipinski definition) is 9. The fourth-order valence-electron chi connectivity index (χ4n) is 4.34. The third-order valence-corrected chi connectivity index (χ3v) is 7.54. The number of amides is 1. The van der Waals surface area contributed by atoms with Crippen LogP contribution in [0.3, 0.4) is 0 Å². The van der Waals surface area contributed by atoms with Crippen LogP contribution in [0.2, 0.25) is 0 Å². The summed E-state index contributed by atoms with van der Waals surface area (Å²) in [6.45, 7) is -0.00468.